The van der Waals surface area contributed by atoms with Crippen molar-refractivity contribution >= 4 is 5.91 Å². The number of rotatable bonds is 6. The van der Waals surface area contributed by atoms with E-state index in [2.05, 4.69) is 5.32 Å². The van der Waals surface area contributed by atoms with Crippen LogP contribution in [-0.4, -0.2) is 31.2 Å². The van der Waals surface area contributed by atoms with Crippen molar-refractivity contribution in [2.24, 2.45) is 11.7 Å². The van der Waals surface area contributed by atoms with Crippen LogP contribution in [0.25, 0.3) is 0 Å². The van der Waals surface area contributed by atoms with Crippen LogP contribution >= 0.6 is 0 Å². The van der Waals surface area contributed by atoms with Gasteiger partial charge in [-0.2, -0.15) is 0 Å². The lowest BCUT2D eigenvalue weighted by Gasteiger charge is -2.18. The van der Waals surface area contributed by atoms with E-state index in [0.717, 1.165) is 32.3 Å². The average molecular weight is 228 g/mol. The normalized spacial score (nSPS) is 24.1. The third-order valence-corrected chi connectivity index (χ3v) is 3.35. The van der Waals surface area contributed by atoms with Crippen molar-refractivity contribution in [2.75, 3.05) is 13.2 Å². The zero-order valence-electron chi connectivity index (χ0n) is 10.4. The molecule has 0 saturated carbocycles. The molecular formula is C12H24N2O2. The minimum absolute atomic E-state index is 0.0349. The van der Waals surface area contributed by atoms with E-state index in [-0.39, 0.29) is 17.9 Å². The summed E-state index contributed by atoms with van der Waals surface area (Å²) in [6.07, 6.45) is 4.43. The molecule has 3 N–H and O–H groups in total. The summed E-state index contributed by atoms with van der Waals surface area (Å²) in [5, 5.41) is 2.88. The van der Waals surface area contributed by atoms with E-state index in [4.69, 9.17) is 10.5 Å². The van der Waals surface area contributed by atoms with Crippen LogP contribution < -0.4 is 11.1 Å². The molecule has 0 bridgehead atoms. The van der Waals surface area contributed by atoms with Crippen molar-refractivity contribution in [3.63, 3.8) is 0 Å². The molecule has 0 aromatic carbocycles. The molecule has 1 saturated heterocycles. The molecule has 3 atom stereocenters. The minimum atomic E-state index is -0.380. The van der Waals surface area contributed by atoms with Gasteiger partial charge < -0.3 is 15.8 Å². The summed E-state index contributed by atoms with van der Waals surface area (Å²) in [5.74, 6) is 0.204. The average Bonchev–Trinajstić information content (AvgIpc) is 2.79. The van der Waals surface area contributed by atoms with E-state index < -0.39 is 0 Å². The lowest BCUT2D eigenvalue weighted by atomic mass is 9.99. The monoisotopic (exact) mass is 228 g/mol. The molecule has 1 aliphatic heterocycles. The minimum Gasteiger partial charge on any atom is -0.378 e. The molecule has 4 heteroatoms. The molecule has 1 rings (SSSR count). The zero-order valence-corrected chi connectivity index (χ0v) is 10.4. The van der Waals surface area contributed by atoms with Crippen LogP contribution in [0.4, 0.5) is 0 Å². The third-order valence-electron chi connectivity index (χ3n) is 3.35. The van der Waals surface area contributed by atoms with Gasteiger partial charge in [-0.25, -0.2) is 0 Å². The molecule has 0 aliphatic carbocycles. The predicted molar refractivity (Wildman–Crippen MR) is 64.0 cm³/mol. The molecular weight excluding hydrogens is 204 g/mol. The Hall–Kier alpha value is -0.610. The standard InChI is InChI=1S/C12H24N2O2/c1-3-9(2)11(13)12(15)14-7-6-10-5-4-8-16-10/h9-11H,3-8,13H2,1-2H3,(H,14,15)/t9-,10?,11-/m0/s1. The Morgan fingerprint density at radius 3 is 2.94 bits per heavy atom. The summed E-state index contributed by atoms with van der Waals surface area (Å²) < 4.78 is 5.48. The van der Waals surface area contributed by atoms with Crippen LogP contribution in [0.2, 0.25) is 0 Å². The number of hydrogen-bond donors (Lipinski definition) is 2. The summed E-state index contributed by atoms with van der Waals surface area (Å²) in [5.41, 5.74) is 5.82. The van der Waals surface area contributed by atoms with Gasteiger partial charge in [0.05, 0.1) is 12.1 Å². The number of nitrogens with two attached hydrogens (primary N) is 1. The number of carbonyl (C=O) groups excluding carboxylic acids is 1. The second kappa shape index (κ2) is 6.86. The van der Waals surface area contributed by atoms with Crippen molar-refractivity contribution in [1.82, 2.24) is 5.32 Å². The van der Waals surface area contributed by atoms with Crippen molar-refractivity contribution in [1.29, 1.82) is 0 Å². The predicted octanol–water partition coefficient (Wildman–Crippen LogP) is 1.05. The highest BCUT2D eigenvalue weighted by molar-refractivity contribution is 5.81. The maximum atomic E-state index is 11.6. The van der Waals surface area contributed by atoms with Crippen molar-refractivity contribution in [3.05, 3.63) is 0 Å². The molecule has 0 aromatic rings. The number of nitrogens with one attached hydrogen (secondary N) is 1. The van der Waals surface area contributed by atoms with E-state index in [0.29, 0.717) is 12.6 Å². The first-order chi connectivity index (χ1) is 7.65. The fourth-order valence-corrected chi connectivity index (χ4v) is 1.86. The third kappa shape index (κ3) is 4.10. The number of ether oxygens (including phenoxy) is 1. The molecule has 94 valence electrons. The first-order valence-electron chi connectivity index (χ1n) is 6.30. The van der Waals surface area contributed by atoms with Gasteiger partial charge in [0.2, 0.25) is 5.91 Å². The molecule has 1 heterocycles. The van der Waals surface area contributed by atoms with E-state index >= 15 is 0 Å². The van der Waals surface area contributed by atoms with Gasteiger partial charge in [-0.3, -0.25) is 4.79 Å². The van der Waals surface area contributed by atoms with Crippen LogP contribution in [0.15, 0.2) is 0 Å². The number of hydrogen-bond acceptors (Lipinski definition) is 3. The molecule has 1 amide bonds. The Morgan fingerprint density at radius 2 is 2.38 bits per heavy atom. The van der Waals surface area contributed by atoms with Gasteiger partial charge in [0, 0.05) is 13.2 Å². The Balaban J connectivity index is 2.13. The highest BCUT2D eigenvalue weighted by atomic mass is 16.5. The molecule has 1 unspecified atom stereocenters. The van der Waals surface area contributed by atoms with Gasteiger partial charge in [0.25, 0.3) is 0 Å². The van der Waals surface area contributed by atoms with Gasteiger partial charge in [-0.05, 0) is 25.2 Å². The van der Waals surface area contributed by atoms with Crippen LogP contribution in [0.1, 0.15) is 39.5 Å². The second-order valence-electron chi connectivity index (χ2n) is 4.63. The summed E-state index contributed by atoms with van der Waals surface area (Å²) in [6, 6.07) is -0.380. The van der Waals surface area contributed by atoms with Crippen LogP contribution in [0, 0.1) is 5.92 Å². The van der Waals surface area contributed by atoms with E-state index in [1.165, 1.54) is 0 Å². The maximum absolute atomic E-state index is 11.6. The fraction of sp³-hybridized carbons (Fsp3) is 0.917. The molecule has 0 radical (unpaired) electrons. The van der Waals surface area contributed by atoms with Gasteiger partial charge in [0.1, 0.15) is 0 Å². The maximum Gasteiger partial charge on any atom is 0.237 e. The largest absolute Gasteiger partial charge is 0.378 e. The Labute approximate surface area is 97.9 Å². The van der Waals surface area contributed by atoms with Crippen molar-refractivity contribution in [2.45, 2.75) is 51.7 Å². The smallest absolute Gasteiger partial charge is 0.237 e. The topological polar surface area (TPSA) is 64.4 Å². The van der Waals surface area contributed by atoms with Crippen molar-refractivity contribution in [3.8, 4) is 0 Å². The Kier molecular flexibility index (Phi) is 5.77. The molecule has 0 aromatic heterocycles. The van der Waals surface area contributed by atoms with Crippen molar-refractivity contribution < 1.29 is 9.53 Å². The Bertz CT molecular complexity index is 215. The summed E-state index contributed by atoms with van der Waals surface area (Å²) in [4.78, 5) is 11.6. The molecule has 1 aliphatic rings. The molecule has 4 nitrogen and oxygen atoms in total. The Morgan fingerprint density at radius 1 is 1.62 bits per heavy atom. The SMILES string of the molecule is CC[C@H](C)[C@H](N)C(=O)NCCC1CCCO1. The summed E-state index contributed by atoms with van der Waals surface area (Å²) in [7, 11) is 0. The number of amides is 1. The van der Waals surface area contributed by atoms with Crippen LogP contribution in [-0.2, 0) is 9.53 Å². The van der Waals surface area contributed by atoms with E-state index in [1.807, 2.05) is 13.8 Å². The van der Waals surface area contributed by atoms with Gasteiger partial charge >= 0.3 is 0 Å². The van der Waals surface area contributed by atoms with E-state index in [1.54, 1.807) is 0 Å². The molecule has 0 spiro atoms. The second-order valence-corrected chi connectivity index (χ2v) is 4.63. The summed E-state index contributed by atoms with van der Waals surface area (Å²) >= 11 is 0. The first kappa shape index (κ1) is 13.5. The van der Waals surface area contributed by atoms with Gasteiger partial charge in [-0.15, -0.1) is 0 Å². The van der Waals surface area contributed by atoms with Gasteiger partial charge in [0.15, 0.2) is 0 Å². The van der Waals surface area contributed by atoms with Crippen LogP contribution in [0.3, 0.4) is 0 Å². The van der Waals surface area contributed by atoms with Gasteiger partial charge in [-0.1, -0.05) is 20.3 Å². The zero-order chi connectivity index (χ0) is 12.0. The van der Waals surface area contributed by atoms with E-state index in [9.17, 15) is 4.79 Å². The lowest BCUT2D eigenvalue weighted by molar-refractivity contribution is -0.123. The van der Waals surface area contributed by atoms with Crippen LogP contribution in [0.5, 0.6) is 0 Å². The molecule has 1 fully saturated rings. The highest BCUT2D eigenvalue weighted by Crippen LogP contribution is 2.14. The lowest BCUT2D eigenvalue weighted by Crippen LogP contribution is -2.45. The highest BCUT2D eigenvalue weighted by Gasteiger charge is 2.20. The fourth-order valence-electron chi connectivity index (χ4n) is 1.86. The number of carbonyl (C=O) groups is 1. The molecule has 16 heavy (non-hydrogen) atoms. The first-order valence-corrected chi connectivity index (χ1v) is 6.30. The summed E-state index contributed by atoms with van der Waals surface area (Å²) in [6.45, 7) is 5.59. The quantitative estimate of drug-likeness (QED) is 0.714.